The van der Waals surface area contributed by atoms with Gasteiger partial charge in [0.1, 0.15) is 0 Å². The van der Waals surface area contributed by atoms with Crippen molar-refractivity contribution in [3.05, 3.63) is 47.3 Å². The SMILES string of the molecule is COc1cc(/C=C/C(=O)N2CCc3c(cnn3C(C)(C)C)C2)ccc1OC(C)=O. The molecule has 0 spiro atoms. The molecule has 1 aliphatic heterocycles. The highest BCUT2D eigenvalue weighted by Crippen LogP contribution is 2.29. The smallest absolute Gasteiger partial charge is 0.308 e. The highest BCUT2D eigenvalue weighted by Gasteiger charge is 2.26. The molecule has 0 radical (unpaired) electrons. The third-order valence-electron chi connectivity index (χ3n) is 4.74. The Morgan fingerprint density at radius 3 is 2.62 bits per heavy atom. The molecule has 0 saturated heterocycles. The minimum Gasteiger partial charge on any atom is -0.493 e. The van der Waals surface area contributed by atoms with E-state index in [1.165, 1.54) is 19.7 Å². The Labute approximate surface area is 170 Å². The average molecular weight is 397 g/mol. The zero-order valence-electron chi connectivity index (χ0n) is 17.6. The summed E-state index contributed by atoms with van der Waals surface area (Å²) < 4.78 is 12.4. The number of carbonyl (C=O) groups is 2. The van der Waals surface area contributed by atoms with Crippen molar-refractivity contribution in [2.75, 3.05) is 13.7 Å². The Balaban J connectivity index is 1.70. The summed E-state index contributed by atoms with van der Waals surface area (Å²) in [5.74, 6) is 0.318. The Kier molecular flexibility index (Phi) is 5.77. The summed E-state index contributed by atoms with van der Waals surface area (Å²) in [7, 11) is 1.50. The molecule has 7 heteroatoms. The molecule has 1 aromatic heterocycles. The van der Waals surface area contributed by atoms with Crippen molar-refractivity contribution >= 4 is 18.0 Å². The number of nitrogens with zero attached hydrogens (tertiary/aromatic N) is 3. The first kappa shape index (κ1) is 20.6. The van der Waals surface area contributed by atoms with E-state index in [1.54, 1.807) is 30.4 Å². The Bertz CT molecular complexity index is 953. The van der Waals surface area contributed by atoms with E-state index in [4.69, 9.17) is 9.47 Å². The van der Waals surface area contributed by atoms with Crippen molar-refractivity contribution in [1.29, 1.82) is 0 Å². The Morgan fingerprint density at radius 2 is 1.97 bits per heavy atom. The van der Waals surface area contributed by atoms with Gasteiger partial charge in [0.05, 0.1) is 18.8 Å². The van der Waals surface area contributed by atoms with Crippen LogP contribution < -0.4 is 9.47 Å². The molecule has 154 valence electrons. The van der Waals surface area contributed by atoms with Gasteiger partial charge in [-0.05, 0) is 44.5 Å². The highest BCUT2D eigenvalue weighted by molar-refractivity contribution is 5.92. The molecule has 1 amide bonds. The monoisotopic (exact) mass is 397 g/mol. The van der Waals surface area contributed by atoms with E-state index in [0.29, 0.717) is 24.6 Å². The minimum absolute atomic E-state index is 0.0535. The number of carbonyl (C=O) groups excluding carboxylic acids is 2. The summed E-state index contributed by atoms with van der Waals surface area (Å²) in [6.07, 6.45) is 5.94. The molecule has 0 saturated carbocycles. The summed E-state index contributed by atoms with van der Waals surface area (Å²) in [6.45, 7) is 8.93. The fourth-order valence-electron chi connectivity index (χ4n) is 3.40. The fourth-order valence-corrected chi connectivity index (χ4v) is 3.40. The van der Waals surface area contributed by atoms with Gasteiger partial charge >= 0.3 is 5.97 Å². The van der Waals surface area contributed by atoms with Crippen LogP contribution >= 0.6 is 0 Å². The molecule has 3 rings (SSSR count). The number of fused-ring (bicyclic) bond motifs is 1. The second-order valence-electron chi connectivity index (χ2n) is 8.05. The van der Waals surface area contributed by atoms with Crippen molar-refractivity contribution < 1.29 is 19.1 Å². The lowest BCUT2D eigenvalue weighted by Gasteiger charge is -2.29. The number of methoxy groups -OCH3 is 1. The van der Waals surface area contributed by atoms with E-state index < -0.39 is 5.97 Å². The first-order chi connectivity index (χ1) is 13.7. The molecular formula is C22H27N3O4. The molecule has 1 aromatic carbocycles. The van der Waals surface area contributed by atoms with Crippen molar-refractivity contribution in [1.82, 2.24) is 14.7 Å². The molecule has 0 unspecified atom stereocenters. The molecule has 0 N–H and O–H groups in total. The Morgan fingerprint density at radius 1 is 1.21 bits per heavy atom. The van der Waals surface area contributed by atoms with E-state index >= 15 is 0 Å². The van der Waals surface area contributed by atoms with Crippen LogP contribution in [-0.4, -0.2) is 40.2 Å². The molecule has 2 aromatic rings. The standard InChI is InChI=1S/C22H27N3O4/c1-15(26)29-19-8-6-16(12-20(19)28-5)7-9-21(27)24-11-10-18-17(14-24)13-23-25(18)22(2,3)4/h6-9,12-13H,10-11,14H2,1-5H3/b9-7+. The lowest BCUT2D eigenvalue weighted by molar-refractivity contribution is -0.132. The summed E-state index contributed by atoms with van der Waals surface area (Å²) in [6, 6.07) is 5.15. The molecule has 29 heavy (non-hydrogen) atoms. The number of esters is 1. The maximum absolute atomic E-state index is 12.7. The third-order valence-corrected chi connectivity index (χ3v) is 4.74. The van der Waals surface area contributed by atoms with Gasteiger partial charge in [-0.2, -0.15) is 5.10 Å². The van der Waals surface area contributed by atoms with Gasteiger partial charge < -0.3 is 14.4 Å². The minimum atomic E-state index is -0.416. The van der Waals surface area contributed by atoms with Gasteiger partial charge in [0.25, 0.3) is 0 Å². The van der Waals surface area contributed by atoms with Crippen LogP contribution in [0.3, 0.4) is 0 Å². The molecular weight excluding hydrogens is 370 g/mol. The summed E-state index contributed by atoms with van der Waals surface area (Å²) in [5.41, 5.74) is 3.01. The lowest BCUT2D eigenvalue weighted by atomic mass is 10.0. The molecule has 0 atom stereocenters. The molecule has 0 bridgehead atoms. The van der Waals surface area contributed by atoms with Gasteiger partial charge in [0.2, 0.25) is 5.91 Å². The number of aromatic nitrogens is 2. The topological polar surface area (TPSA) is 73.7 Å². The van der Waals surface area contributed by atoms with Gasteiger partial charge in [-0.25, -0.2) is 0 Å². The molecule has 7 nitrogen and oxygen atoms in total. The second-order valence-corrected chi connectivity index (χ2v) is 8.05. The van der Waals surface area contributed by atoms with Gasteiger partial charge in [0, 0.05) is 43.8 Å². The first-order valence-electron chi connectivity index (χ1n) is 9.58. The van der Waals surface area contributed by atoms with Crippen molar-refractivity contribution in [3.63, 3.8) is 0 Å². The van der Waals surface area contributed by atoms with E-state index in [2.05, 4.69) is 30.6 Å². The number of benzene rings is 1. The maximum atomic E-state index is 12.7. The average Bonchev–Trinajstić information content (AvgIpc) is 3.10. The van der Waals surface area contributed by atoms with E-state index in [-0.39, 0.29) is 11.4 Å². The predicted octanol–water partition coefficient (Wildman–Crippen LogP) is 3.17. The zero-order chi connectivity index (χ0) is 21.2. The van der Waals surface area contributed by atoms with Crippen LogP contribution in [0, 0.1) is 0 Å². The van der Waals surface area contributed by atoms with Crippen LogP contribution in [0.5, 0.6) is 11.5 Å². The van der Waals surface area contributed by atoms with Crippen LogP contribution in [0.25, 0.3) is 6.08 Å². The number of rotatable bonds is 4. The van der Waals surface area contributed by atoms with E-state index in [1.807, 2.05) is 11.1 Å². The van der Waals surface area contributed by atoms with Crippen LogP contribution in [0.4, 0.5) is 0 Å². The lowest BCUT2D eigenvalue weighted by Crippen LogP contribution is -2.36. The van der Waals surface area contributed by atoms with Crippen molar-refractivity contribution in [3.8, 4) is 11.5 Å². The van der Waals surface area contributed by atoms with Gasteiger partial charge in [-0.1, -0.05) is 6.07 Å². The van der Waals surface area contributed by atoms with Crippen molar-refractivity contribution in [2.24, 2.45) is 0 Å². The number of hydrogen-bond acceptors (Lipinski definition) is 5. The fraction of sp³-hybridized carbons (Fsp3) is 0.409. The van der Waals surface area contributed by atoms with Crippen LogP contribution in [0.1, 0.15) is 44.5 Å². The highest BCUT2D eigenvalue weighted by atomic mass is 16.6. The largest absolute Gasteiger partial charge is 0.493 e. The van der Waals surface area contributed by atoms with Gasteiger partial charge in [-0.3, -0.25) is 14.3 Å². The zero-order valence-corrected chi connectivity index (χ0v) is 17.6. The maximum Gasteiger partial charge on any atom is 0.308 e. The third kappa shape index (κ3) is 4.67. The van der Waals surface area contributed by atoms with Crippen LogP contribution in [0.15, 0.2) is 30.5 Å². The number of amides is 1. The van der Waals surface area contributed by atoms with Gasteiger partial charge in [-0.15, -0.1) is 0 Å². The number of ether oxygens (including phenoxy) is 2. The molecule has 0 fully saturated rings. The van der Waals surface area contributed by atoms with Crippen LogP contribution in [0.2, 0.25) is 0 Å². The summed E-state index contributed by atoms with van der Waals surface area (Å²) >= 11 is 0. The van der Waals surface area contributed by atoms with Crippen molar-refractivity contribution in [2.45, 2.75) is 46.2 Å². The van der Waals surface area contributed by atoms with Gasteiger partial charge in [0.15, 0.2) is 11.5 Å². The molecule has 1 aliphatic rings. The first-order valence-corrected chi connectivity index (χ1v) is 9.58. The van der Waals surface area contributed by atoms with Crippen LogP contribution in [-0.2, 0) is 28.1 Å². The Hall–Kier alpha value is -3.09. The molecule has 0 aliphatic carbocycles. The summed E-state index contributed by atoms with van der Waals surface area (Å²) in [4.78, 5) is 25.6. The summed E-state index contributed by atoms with van der Waals surface area (Å²) in [5, 5.41) is 4.52. The second kappa shape index (κ2) is 8.11. The van der Waals surface area contributed by atoms with E-state index in [0.717, 1.165) is 17.5 Å². The van der Waals surface area contributed by atoms with E-state index in [9.17, 15) is 9.59 Å². The predicted molar refractivity (Wildman–Crippen MR) is 110 cm³/mol. The number of hydrogen-bond donors (Lipinski definition) is 0. The quantitative estimate of drug-likeness (QED) is 0.450. The molecule has 2 heterocycles. The normalized spacial score (nSPS) is 14.0.